The van der Waals surface area contributed by atoms with Crippen molar-refractivity contribution in [3.8, 4) is 5.75 Å². The molecule has 1 saturated heterocycles. The monoisotopic (exact) mass is 373 g/mol. The Morgan fingerprint density at radius 1 is 1.15 bits per heavy atom. The number of nitrogens with zero attached hydrogens (tertiary/aromatic N) is 1. The number of hydrogen-bond donors (Lipinski definition) is 0. The number of hydrogen-bond acceptors (Lipinski definition) is 4. The van der Waals surface area contributed by atoms with Crippen LogP contribution in [0.25, 0.3) is 0 Å². The fourth-order valence-corrected chi connectivity index (χ4v) is 4.79. The summed E-state index contributed by atoms with van der Waals surface area (Å²) in [4.78, 5) is 14.7. The standard InChI is InChI=1S/C22H31NO4/c1-25-21(16-6-3-2-4-7-16)17-9-10-19-18(14-17)15-23(11-13-27-19)22(24)20-8-5-12-26-20/h9-10,14,16,20-21H,2-8,11-13,15H2,1H3. The van der Waals surface area contributed by atoms with E-state index in [0.717, 1.165) is 24.2 Å². The highest BCUT2D eigenvalue weighted by molar-refractivity contribution is 5.81. The van der Waals surface area contributed by atoms with Crippen LogP contribution >= 0.6 is 0 Å². The van der Waals surface area contributed by atoms with Gasteiger partial charge in [-0.25, -0.2) is 0 Å². The van der Waals surface area contributed by atoms with Gasteiger partial charge in [0, 0.05) is 25.8 Å². The summed E-state index contributed by atoms with van der Waals surface area (Å²) in [6, 6.07) is 6.39. The Hall–Kier alpha value is -1.59. The van der Waals surface area contributed by atoms with Gasteiger partial charge in [0.15, 0.2) is 0 Å². The molecule has 2 heterocycles. The van der Waals surface area contributed by atoms with Crippen LogP contribution < -0.4 is 4.74 Å². The molecule has 2 atom stereocenters. The Morgan fingerprint density at radius 3 is 2.74 bits per heavy atom. The number of carbonyl (C=O) groups is 1. The van der Waals surface area contributed by atoms with Gasteiger partial charge in [0.05, 0.1) is 12.6 Å². The Morgan fingerprint density at radius 2 is 2.00 bits per heavy atom. The minimum absolute atomic E-state index is 0.102. The molecule has 148 valence electrons. The third-order valence-corrected chi connectivity index (χ3v) is 6.24. The van der Waals surface area contributed by atoms with Crippen LogP contribution in [-0.2, 0) is 20.8 Å². The van der Waals surface area contributed by atoms with E-state index in [2.05, 4.69) is 18.2 Å². The molecule has 2 fully saturated rings. The molecular weight excluding hydrogens is 342 g/mol. The van der Waals surface area contributed by atoms with Crippen molar-refractivity contribution in [2.75, 3.05) is 26.9 Å². The van der Waals surface area contributed by atoms with Crippen molar-refractivity contribution in [1.82, 2.24) is 4.90 Å². The van der Waals surface area contributed by atoms with Crippen LogP contribution in [0.3, 0.4) is 0 Å². The summed E-state index contributed by atoms with van der Waals surface area (Å²) in [6.45, 7) is 2.42. The molecule has 2 unspecified atom stereocenters. The van der Waals surface area contributed by atoms with Crippen LogP contribution in [0.15, 0.2) is 18.2 Å². The molecule has 1 aromatic rings. The Kier molecular flexibility index (Phi) is 5.98. The van der Waals surface area contributed by atoms with E-state index < -0.39 is 0 Å². The average Bonchev–Trinajstić information content (AvgIpc) is 3.16. The van der Waals surface area contributed by atoms with Crippen molar-refractivity contribution in [2.24, 2.45) is 5.92 Å². The summed E-state index contributed by atoms with van der Waals surface area (Å²) in [5.41, 5.74) is 2.28. The molecule has 4 rings (SSSR count). The summed E-state index contributed by atoms with van der Waals surface area (Å²) in [5.74, 6) is 1.57. The maximum Gasteiger partial charge on any atom is 0.252 e. The van der Waals surface area contributed by atoms with E-state index >= 15 is 0 Å². The highest BCUT2D eigenvalue weighted by Crippen LogP contribution is 2.38. The average molecular weight is 373 g/mol. The Labute approximate surface area is 162 Å². The fraction of sp³-hybridized carbons (Fsp3) is 0.682. The van der Waals surface area contributed by atoms with Gasteiger partial charge in [-0.2, -0.15) is 0 Å². The van der Waals surface area contributed by atoms with Crippen LogP contribution in [0.2, 0.25) is 0 Å². The molecule has 0 aromatic heterocycles. The van der Waals surface area contributed by atoms with Crippen LogP contribution in [0.1, 0.15) is 62.2 Å². The molecule has 1 aliphatic carbocycles. The van der Waals surface area contributed by atoms with Crippen LogP contribution in [0.5, 0.6) is 5.75 Å². The summed E-state index contributed by atoms with van der Waals surface area (Å²) < 4.78 is 17.4. The molecule has 27 heavy (non-hydrogen) atoms. The SMILES string of the molecule is COC(c1ccc2c(c1)CN(C(=O)C1CCCO1)CCO2)C1CCCCC1. The van der Waals surface area contributed by atoms with Crippen molar-refractivity contribution < 1.29 is 19.0 Å². The molecule has 2 aliphatic heterocycles. The number of carbonyl (C=O) groups excluding carboxylic acids is 1. The molecule has 0 bridgehead atoms. The number of rotatable bonds is 4. The lowest BCUT2D eigenvalue weighted by Gasteiger charge is -2.30. The summed E-state index contributed by atoms with van der Waals surface area (Å²) in [7, 11) is 1.81. The molecule has 1 amide bonds. The predicted molar refractivity (Wildman–Crippen MR) is 103 cm³/mol. The minimum Gasteiger partial charge on any atom is -0.491 e. The number of methoxy groups -OCH3 is 1. The van der Waals surface area contributed by atoms with Gasteiger partial charge in [0.2, 0.25) is 0 Å². The second-order valence-electron chi connectivity index (χ2n) is 8.03. The lowest BCUT2D eigenvalue weighted by Crippen LogP contribution is -2.39. The predicted octanol–water partition coefficient (Wildman–Crippen LogP) is 3.85. The Bertz CT molecular complexity index is 650. The molecule has 0 radical (unpaired) electrons. The molecule has 3 aliphatic rings. The number of benzene rings is 1. The van der Waals surface area contributed by atoms with Gasteiger partial charge in [0.25, 0.3) is 5.91 Å². The van der Waals surface area contributed by atoms with Crippen LogP contribution in [0.4, 0.5) is 0 Å². The normalized spacial score (nSPS) is 24.8. The van der Waals surface area contributed by atoms with Gasteiger partial charge >= 0.3 is 0 Å². The Balaban J connectivity index is 1.53. The molecule has 5 nitrogen and oxygen atoms in total. The summed E-state index contributed by atoms with van der Waals surface area (Å²) in [6.07, 6.45) is 8.04. The second kappa shape index (κ2) is 8.61. The van der Waals surface area contributed by atoms with E-state index in [1.807, 2.05) is 12.0 Å². The number of amides is 1. The summed E-state index contributed by atoms with van der Waals surface area (Å²) in [5, 5.41) is 0. The zero-order valence-corrected chi connectivity index (χ0v) is 16.3. The molecule has 1 aromatic carbocycles. The molecule has 5 heteroatoms. The summed E-state index contributed by atoms with van der Waals surface area (Å²) >= 11 is 0. The van der Waals surface area contributed by atoms with Crippen molar-refractivity contribution in [2.45, 2.75) is 63.7 Å². The number of fused-ring (bicyclic) bond motifs is 1. The van der Waals surface area contributed by atoms with Crippen molar-refractivity contribution in [1.29, 1.82) is 0 Å². The molecular formula is C22H31NO4. The molecule has 1 saturated carbocycles. The van der Waals surface area contributed by atoms with Gasteiger partial charge in [-0.1, -0.05) is 25.3 Å². The topological polar surface area (TPSA) is 48.0 Å². The first kappa shape index (κ1) is 18.8. The lowest BCUT2D eigenvalue weighted by atomic mass is 9.82. The third kappa shape index (κ3) is 4.14. The van der Waals surface area contributed by atoms with Crippen LogP contribution in [-0.4, -0.2) is 43.8 Å². The highest BCUT2D eigenvalue weighted by Gasteiger charge is 2.31. The smallest absolute Gasteiger partial charge is 0.252 e. The molecule has 0 spiro atoms. The zero-order chi connectivity index (χ0) is 18.6. The zero-order valence-electron chi connectivity index (χ0n) is 16.3. The van der Waals surface area contributed by atoms with E-state index in [-0.39, 0.29) is 18.1 Å². The van der Waals surface area contributed by atoms with Crippen molar-refractivity contribution in [3.05, 3.63) is 29.3 Å². The van der Waals surface area contributed by atoms with E-state index in [0.29, 0.717) is 32.2 Å². The van der Waals surface area contributed by atoms with Gasteiger partial charge in [-0.3, -0.25) is 4.79 Å². The lowest BCUT2D eigenvalue weighted by molar-refractivity contribution is -0.141. The van der Waals surface area contributed by atoms with Gasteiger partial charge in [-0.05, 0) is 49.3 Å². The first-order chi connectivity index (χ1) is 13.3. The van der Waals surface area contributed by atoms with Crippen molar-refractivity contribution >= 4 is 5.91 Å². The van der Waals surface area contributed by atoms with Crippen LogP contribution in [0, 0.1) is 5.92 Å². The first-order valence-electron chi connectivity index (χ1n) is 10.4. The fourth-order valence-electron chi connectivity index (χ4n) is 4.79. The quantitative estimate of drug-likeness (QED) is 0.804. The van der Waals surface area contributed by atoms with E-state index in [1.54, 1.807) is 0 Å². The minimum atomic E-state index is -0.274. The van der Waals surface area contributed by atoms with E-state index in [1.165, 1.54) is 37.7 Å². The molecule has 0 N–H and O–H groups in total. The van der Waals surface area contributed by atoms with Gasteiger partial charge in [-0.15, -0.1) is 0 Å². The van der Waals surface area contributed by atoms with E-state index in [4.69, 9.17) is 14.2 Å². The number of ether oxygens (including phenoxy) is 3. The van der Waals surface area contributed by atoms with Gasteiger partial charge in [0.1, 0.15) is 18.5 Å². The second-order valence-corrected chi connectivity index (χ2v) is 8.03. The van der Waals surface area contributed by atoms with Crippen molar-refractivity contribution in [3.63, 3.8) is 0 Å². The maximum atomic E-state index is 12.8. The maximum absolute atomic E-state index is 12.8. The van der Waals surface area contributed by atoms with E-state index in [9.17, 15) is 4.79 Å². The first-order valence-corrected chi connectivity index (χ1v) is 10.4. The largest absolute Gasteiger partial charge is 0.491 e. The third-order valence-electron chi connectivity index (χ3n) is 6.24. The highest BCUT2D eigenvalue weighted by atomic mass is 16.5. The van der Waals surface area contributed by atoms with Gasteiger partial charge < -0.3 is 19.1 Å².